The number of ether oxygens (including phenoxy) is 1. The zero-order valence-electron chi connectivity index (χ0n) is 12.5. The number of rotatable bonds is 8. The Kier molecular flexibility index (Phi) is 5.92. The Morgan fingerprint density at radius 1 is 1.43 bits per heavy atom. The van der Waals surface area contributed by atoms with Gasteiger partial charge in [-0.05, 0) is 25.5 Å². The van der Waals surface area contributed by atoms with Crippen molar-refractivity contribution in [1.82, 2.24) is 14.3 Å². The van der Waals surface area contributed by atoms with Gasteiger partial charge in [-0.3, -0.25) is 0 Å². The van der Waals surface area contributed by atoms with Crippen LogP contribution < -0.4 is 11.1 Å². The Hall–Kier alpha value is -1.22. The number of nitrogens with zero attached hydrogens (tertiary/aromatic N) is 3. The van der Waals surface area contributed by atoms with Gasteiger partial charge in [0.15, 0.2) is 0 Å². The quantitative estimate of drug-likeness (QED) is 0.774. The van der Waals surface area contributed by atoms with Crippen LogP contribution in [0, 0.1) is 6.92 Å². The number of aryl methyl sites for hydroxylation is 1. The lowest BCUT2D eigenvalue weighted by Gasteiger charge is -2.16. The number of hydrogen-bond donors (Lipinski definition) is 2. The fraction of sp³-hybridized carbons (Fsp3) is 0.538. The predicted octanol–water partition coefficient (Wildman–Crippen LogP) is 2.15. The lowest BCUT2D eigenvalue weighted by molar-refractivity contribution is 0.163. The molecule has 0 saturated carbocycles. The number of methoxy groups -OCH3 is 1. The molecule has 0 atom stereocenters. The first kappa shape index (κ1) is 16.2. The molecule has 0 bridgehead atoms. The molecule has 0 aromatic carbocycles. The molecule has 0 amide bonds. The molecule has 3 N–H and O–H groups in total. The Morgan fingerprint density at radius 2 is 2.24 bits per heavy atom. The minimum absolute atomic E-state index is 0.542. The molecule has 0 aliphatic rings. The van der Waals surface area contributed by atoms with Gasteiger partial charge in [0.2, 0.25) is 0 Å². The summed E-state index contributed by atoms with van der Waals surface area (Å²) in [5, 5.41) is 7.44. The maximum Gasteiger partial charge on any atom is 0.148 e. The van der Waals surface area contributed by atoms with E-state index in [0.29, 0.717) is 5.82 Å². The minimum atomic E-state index is 0.542. The van der Waals surface area contributed by atoms with Gasteiger partial charge in [0, 0.05) is 32.1 Å². The molecule has 116 valence electrons. The van der Waals surface area contributed by atoms with Gasteiger partial charge < -0.3 is 20.7 Å². The summed E-state index contributed by atoms with van der Waals surface area (Å²) in [6.07, 6.45) is 0. The van der Waals surface area contributed by atoms with E-state index in [1.54, 1.807) is 18.4 Å². The number of nitrogens with one attached hydrogen (secondary N) is 1. The van der Waals surface area contributed by atoms with Gasteiger partial charge in [0.25, 0.3) is 0 Å². The highest BCUT2D eigenvalue weighted by Crippen LogP contribution is 2.36. The monoisotopic (exact) mass is 327 g/mol. The molecule has 6 nitrogen and oxygen atoms in total. The zero-order valence-corrected chi connectivity index (χ0v) is 14.2. The van der Waals surface area contributed by atoms with Gasteiger partial charge in [-0.2, -0.15) is 4.37 Å². The van der Waals surface area contributed by atoms with Crippen molar-refractivity contribution < 1.29 is 4.74 Å². The average Bonchev–Trinajstić information content (AvgIpc) is 3.02. The van der Waals surface area contributed by atoms with E-state index in [9.17, 15) is 0 Å². The third-order valence-electron chi connectivity index (χ3n) is 3.05. The molecule has 0 unspecified atom stereocenters. The standard InChI is InChI=1S/C13H21N5OS2/c1-9-16-10(8-20-9)11-12(14)17-21-13(11)15-4-5-18(2)6-7-19-3/h8,15H,4-7H2,1-3H3,(H2,14,17). The smallest absolute Gasteiger partial charge is 0.148 e. The molecule has 2 rings (SSSR count). The van der Waals surface area contributed by atoms with Gasteiger partial charge in [-0.15, -0.1) is 11.3 Å². The van der Waals surface area contributed by atoms with Crippen molar-refractivity contribution in [2.45, 2.75) is 6.92 Å². The molecule has 0 aliphatic carbocycles. The fourth-order valence-corrected chi connectivity index (χ4v) is 3.22. The van der Waals surface area contributed by atoms with E-state index < -0.39 is 0 Å². The number of aromatic nitrogens is 2. The lowest BCUT2D eigenvalue weighted by Crippen LogP contribution is -2.28. The van der Waals surface area contributed by atoms with E-state index in [4.69, 9.17) is 10.5 Å². The Bertz CT molecular complexity index is 569. The average molecular weight is 327 g/mol. The second-order valence-corrected chi connectivity index (χ2v) is 6.58. The number of likely N-dealkylation sites (N-methyl/N-ethyl adjacent to an activating group) is 1. The molecule has 0 spiro atoms. The van der Waals surface area contributed by atoms with Crippen molar-refractivity contribution in [2.24, 2.45) is 0 Å². The van der Waals surface area contributed by atoms with Crippen LogP contribution >= 0.6 is 22.9 Å². The SMILES string of the molecule is COCCN(C)CCNc1snc(N)c1-c1csc(C)n1. The number of nitrogens with two attached hydrogens (primary N) is 1. The van der Waals surface area contributed by atoms with Crippen LogP contribution in [0.2, 0.25) is 0 Å². The molecule has 2 aromatic heterocycles. The van der Waals surface area contributed by atoms with Crippen LogP contribution in [-0.4, -0.2) is 54.7 Å². The van der Waals surface area contributed by atoms with Crippen molar-refractivity contribution in [3.8, 4) is 11.3 Å². The largest absolute Gasteiger partial charge is 0.383 e. The molecule has 0 fully saturated rings. The Balaban J connectivity index is 1.95. The van der Waals surface area contributed by atoms with Crippen LogP contribution in [0.4, 0.5) is 10.8 Å². The van der Waals surface area contributed by atoms with Crippen LogP contribution in [-0.2, 0) is 4.74 Å². The normalized spacial score (nSPS) is 11.2. The number of nitrogen functional groups attached to an aromatic ring is 1. The van der Waals surface area contributed by atoms with Gasteiger partial charge >= 0.3 is 0 Å². The highest BCUT2D eigenvalue weighted by atomic mass is 32.1. The summed E-state index contributed by atoms with van der Waals surface area (Å²) in [6, 6.07) is 0. The first-order valence-corrected chi connectivity index (χ1v) is 8.36. The zero-order chi connectivity index (χ0) is 15.2. The van der Waals surface area contributed by atoms with Gasteiger partial charge in [0.05, 0.1) is 22.9 Å². The molecule has 2 aromatic rings. The third kappa shape index (κ3) is 4.37. The molecule has 0 saturated heterocycles. The van der Waals surface area contributed by atoms with E-state index in [0.717, 1.165) is 47.5 Å². The molecular weight excluding hydrogens is 306 g/mol. The van der Waals surface area contributed by atoms with Crippen LogP contribution in [0.5, 0.6) is 0 Å². The second-order valence-electron chi connectivity index (χ2n) is 4.75. The van der Waals surface area contributed by atoms with E-state index in [2.05, 4.69) is 26.6 Å². The Morgan fingerprint density at radius 3 is 2.90 bits per heavy atom. The van der Waals surface area contributed by atoms with E-state index in [1.165, 1.54) is 11.5 Å². The summed E-state index contributed by atoms with van der Waals surface area (Å²) >= 11 is 3.00. The molecule has 0 radical (unpaired) electrons. The van der Waals surface area contributed by atoms with Gasteiger partial charge in [0.1, 0.15) is 10.8 Å². The van der Waals surface area contributed by atoms with Crippen molar-refractivity contribution in [3.05, 3.63) is 10.4 Å². The highest BCUT2D eigenvalue weighted by molar-refractivity contribution is 7.11. The van der Waals surface area contributed by atoms with Crippen LogP contribution in [0.3, 0.4) is 0 Å². The maximum atomic E-state index is 5.98. The molecule has 21 heavy (non-hydrogen) atoms. The van der Waals surface area contributed by atoms with Crippen LogP contribution in [0.25, 0.3) is 11.3 Å². The fourth-order valence-electron chi connectivity index (χ4n) is 1.87. The summed E-state index contributed by atoms with van der Waals surface area (Å²) in [6.45, 7) is 5.41. The first-order chi connectivity index (χ1) is 10.1. The Labute approximate surface area is 133 Å². The number of thiazole rings is 1. The summed E-state index contributed by atoms with van der Waals surface area (Å²) in [5.41, 5.74) is 7.80. The molecular formula is C13H21N5OS2. The summed E-state index contributed by atoms with van der Waals surface area (Å²) in [4.78, 5) is 6.71. The van der Waals surface area contributed by atoms with E-state index in [-0.39, 0.29) is 0 Å². The van der Waals surface area contributed by atoms with Gasteiger partial charge in [-0.25, -0.2) is 4.98 Å². The van der Waals surface area contributed by atoms with E-state index in [1.807, 2.05) is 12.3 Å². The van der Waals surface area contributed by atoms with Gasteiger partial charge in [-0.1, -0.05) is 0 Å². The lowest BCUT2D eigenvalue weighted by atomic mass is 10.2. The minimum Gasteiger partial charge on any atom is -0.383 e. The topological polar surface area (TPSA) is 76.3 Å². The van der Waals surface area contributed by atoms with Crippen molar-refractivity contribution in [1.29, 1.82) is 0 Å². The van der Waals surface area contributed by atoms with Crippen molar-refractivity contribution in [3.63, 3.8) is 0 Å². The number of anilines is 2. The first-order valence-electron chi connectivity index (χ1n) is 6.70. The summed E-state index contributed by atoms with van der Waals surface area (Å²) < 4.78 is 9.30. The summed E-state index contributed by atoms with van der Waals surface area (Å²) in [5.74, 6) is 0.542. The predicted molar refractivity (Wildman–Crippen MR) is 90.2 cm³/mol. The number of hydrogen-bond acceptors (Lipinski definition) is 8. The van der Waals surface area contributed by atoms with Crippen LogP contribution in [0.15, 0.2) is 5.38 Å². The maximum absolute atomic E-state index is 5.98. The molecule has 2 heterocycles. The van der Waals surface area contributed by atoms with Crippen molar-refractivity contribution >= 4 is 33.7 Å². The third-order valence-corrected chi connectivity index (χ3v) is 4.64. The summed E-state index contributed by atoms with van der Waals surface area (Å²) in [7, 11) is 3.79. The second kappa shape index (κ2) is 7.69. The van der Waals surface area contributed by atoms with Crippen LogP contribution in [0.1, 0.15) is 5.01 Å². The molecule has 0 aliphatic heterocycles. The highest BCUT2D eigenvalue weighted by Gasteiger charge is 2.15. The van der Waals surface area contributed by atoms with E-state index >= 15 is 0 Å². The molecule has 8 heteroatoms. The van der Waals surface area contributed by atoms with Crippen molar-refractivity contribution in [2.75, 3.05) is 51.4 Å².